The summed E-state index contributed by atoms with van der Waals surface area (Å²) in [5.41, 5.74) is 8.58. The third-order valence-corrected chi connectivity index (χ3v) is 6.56. The summed E-state index contributed by atoms with van der Waals surface area (Å²) < 4.78 is 10.5. The van der Waals surface area contributed by atoms with Crippen molar-refractivity contribution >= 4 is 46.5 Å². The Labute approximate surface area is 247 Å². The van der Waals surface area contributed by atoms with E-state index >= 15 is 0 Å². The molecule has 0 aliphatic carbocycles. The summed E-state index contributed by atoms with van der Waals surface area (Å²) in [6.07, 6.45) is -14.7. The lowest BCUT2D eigenvalue weighted by molar-refractivity contribution is -0.232. The topological polar surface area (TPSA) is 300 Å². The van der Waals surface area contributed by atoms with Gasteiger partial charge in [-0.15, -0.1) is 0 Å². The van der Waals surface area contributed by atoms with Crippen LogP contribution < -0.4 is 32.3 Å². The molecule has 234 valence electrons. The number of carbonyl (C=O) groups excluding carboxylic acids is 2. The van der Waals surface area contributed by atoms with E-state index in [9.17, 15) is 50.4 Å². The number of rotatable bonds is 6. The molecule has 21 heteroatoms. The Morgan fingerprint density at radius 3 is 1.40 bits per heavy atom. The first-order chi connectivity index (χ1) is 19.9. The number of carbonyl (C=O) groups is 2. The molecule has 0 unspecified atom stereocenters. The first-order valence-corrected chi connectivity index (χ1v) is 13.0. The molecule has 10 atom stereocenters. The largest absolute Gasteiger partial charge is 0.394 e. The van der Waals surface area contributed by atoms with Crippen LogP contribution in [0.25, 0.3) is 0 Å². The highest BCUT2D eigenvalue weighted by Gasteiger charge is 2.44. The minimum atomic E-state index is -1.64. The first kappa shape index (κ1) is 33.6. The summed E-state index contributed by atoms with van der Waals surface area (Å²) >= 11 is 10.0. The summed E-state index contributed by atoms with van der Waals surface area (Å²) in [4.78, 5) is 28.9. The van der Waals surface area contributed by atoms with E-state index in [-0.39, 0.29) is 21.6 Å². The van der Waals surface area contributed by atoms with E-state index in [0.29, 0.717) is 0 Å². The molecule has 2 amide bonds. The summed E-state index contributed by atoms with van der Waals surface area (Å²) in [7, 11) is 0. The second kappa shape index (κ2) is 15.0. The van der Waals surface area contributed by atoms with Gasteiger partial charge in [-0.1, -0.05) is 6.07 Å². The lowest BCUT2D eigenvalue weighted by atomic mass is 9.98. The summed E-state index contributed by atoms with van der Waals surface area (Å²) in [5, 5.41) is 82.4. The maximum atomic E-state index is 12.5. The minimum Gasteiger partial charge on any atom is -0.394 e. The van der Waals surface area contributed by atoms with Gasteiger partial charge in [0.05, 0.1) is 13.2 Å². The average molecular weight is 638 g/mol. The predicted molar refractivity (Wildman–Crippen MR) is 144 cm³/mol. The van der Waals surface area contributed by atoms with Gasteiger partial charge in [0.1, 0.15) is 60.2 Å². The molecule has 0 radical (unpaired) electrons. The monoisotopic (exact) mass is 637 g/mol. The van der Waals surface area contributed by atoms with Crippen molar-refractivity contribution in [3.63, 3.8) is 0 Å². The molecule has 0 spiro atoms. The van der Waals surface area contributed by atoms with Crippen LogP contribution in [-0.4, -0.2) is 142 Å². The van der Waals surface area contributed by atoms with Crippen LogP contribution in [0, 0.1) is 0 Å². The molecule has 2 aliphatic heterocycles. The average Bonchev–Trinajstić information content (AvgIpc) is 2.99. The van der Waals surface area contributed by atoms with Crippen LogP contribution in [0.15, 0.2) is 18.2 Å². The van der Waals surface area contributed by atoms with Crippen LogP contribution in [0.3, 0.4) is 0 Å². The molecule has 3 rings (SSSR count). The molecule has 0 bridgehead atoms. The van der Waals surface area contributed by atoms with Gasteiger partial charge >= 0.3 is 0 Å². The minimum absolute atomic E-state index is 0.229. The van der Waals surface area contributed by atoms with E-state index < -0.39 is 86.3 Å². The fourth-order valence-electron chi connectivity index (χ4n) is 3.81. The SMILES string of the molecule is O=C(NNC(=S)N[C@@H]1O[C@@H](CO)[C@@H](O)[C@@H](O)[C@H]1O)c1cccc(C(=O)NNC(=S)N[C@@H]2O[C@@H](CO)[C@@H](O)[C@@H](O)[C@H]2O)n1. The molecule has 2 fully saturated rings. The Balaban J connectivity index is 1.48. The van der Waals surface area contributed by atoms with Crippen molar-refractivity contribution in [2.24, 2.45) is 0 Å². The van der Waals surface area contributed by atoms with Crippen LogP contribution in [0.1, 0.15) is 21.0 Å². The molecule has 14 N–H and O–H groups in total. The van der Waals surface area contributed by atoms with Crippen molar-refractivity contribution in [1.82, 2.24) is 37.3 Å². The standard InChI is InChI=1S/C21H31N7O12S2/c29-4-8-10(31)12(33)14(35)18(39-8)23-20(41)27-25-16(37)6-2-1-3-7(22-6)17(38)26-28-21(42)24-19-15(36)13(34)11(32)9(5-30)40-19/h1-3,8-15,18-19,29-36H,4-5H2,(H,25,37)(H,26,38)(H2,23,27,41)(H2,24,28,42)/t8-,9-,10+,11+,12+,13+,14+,15+,18+,19+/m0/s1. The molecule has 0 aromatic carbocycles. The summed E-state index contributed by atoms with van der Waals surface area (Å²) in [6, 6.07) is 3.91. The van der Waals surface area contributed by atoms with Gasteiger partial charge in [0.25, 0.3) is 11.8 Å². The van der Waals surface area contributed by atoms with Gasteiger partial charge in [0.2, 0.25) is 0 Å². The zero-order chi connectivity index (χ0) is 31.1. The molecule has 19 nitrogen and oxygen atoms in total. The Morgan fingerprint density at radius 1 is 0.667 bits per heavy atom. The lowest BCUT2D eigenvalue weighted by Gasteiger charge is -2.40. The molecular formula is C21H31N7O12S2. The smallest absolute Gasteiger partial charge is 0.288 e. The van der Waals surface area contributed by atoms with Gasteiger partial charge in [0, 0.05) is 0 Å². The molecular weight excluding hydrogens is 606 g/mol. The molecule has 42 heavy (non-hydrogen) atoms. The Bertz CT molecular complexity index is 1050. The predicted octanol–water partition coefficient (Wildman–Crippen LogP) is -7.10. The van der Waals surface area contributed by atoms with Gasteiger partial charge in [-0.05, 0) is 36.6 Å². The third-order valence-electron chi connectivity index (χ3n) is 6.12. The van der Waals surface area contributed by atoms with Crippen LogP contribution in [0.4, 0.5) is 0 Å². The van der Waals surface area contributed by atoms with Crippen molar-refractivity contribution in [3.8, 4) is 0 Å². The highest BCUT2D eigenvalue weighted by molar-refractivity contribution is 7.80. The quantitative estimate of drug-likeness (QED) is 0.102. The number of pyridine rings is 1. The molecule has 1 aromatic rings. The van der Waals surface area contributed by atoms with Crippen LogP contribution in [0.2, 0.25) is 0 Å². The molecule has 0 saturated carbocycles. The number of hydrogen-bond donors (Lipinski definition) is 14. The number of hydrazine groups is 2. The highest BCUT2D eigenvalue weighted by atomic mass is 32.1. The van der Waals surface area contributed by atoms with E-state index in [1.54, 1.807) is 0 Å². The second-order valence-corrected chi connectivity index (χ2v) is 9.83. The summed E-state index contributed by atoms with van der Waals surface area (Å²) in [6.45, 7) is -1.29. The molecule has 3 heterocycles. The van der Waals surface area contributed by atoms with E-state index in [0.717, 1.165) is 0 Å². The van der Waals surface area contributed by atoms with Gasteiger partial charge < -0.3 is 61.0 Å². The Morgan fingerprint density at radius 2 is 1.05 bits per heavy atom. The number of hydrogen-bond acceptors (Lipinski definition) is 15. The Kier molecular flexibility index (Phi) is 12.0. The van der Waals surface area contributed by atoms with E-state index in [4.69, 9.17) is 33.9 Å². The fraction of sp³-hybridized carbons (Fsp3) is 0.571. The normalized spacial score (nSPS) is 32.7. The van der Waals surface area contributed by atoms with Crippen molar-refractivity contribution in [1.29, 1.82) is 0 Å². The zero-order valence-corrected chi connectivity index (χ0v) is 23.0. The number of nitrogens with one attached hydrogen (secondary N) is 6. The van der Waals surface area contributed by atoms with E-state index in [1.165, 1.54) is 18.2 Å². The van der Waals surface area contributed by atoms with Crippen LogP contribution in [0.5, 0.6) is 0 Å². The van der Waals surface area contributed by atoms with Gasteiger partial charge in [-0.2, -0.15) is 0 Å². The molecule has 1 aromatic heterocycles. The number of ether oxygens (including phenoxy) is 2. The van der Waals surface area contributed by atoms with E-state index in [2.05, 4.69) is 37.3 Å². The van der Waals surface area contributed by atoms with Crippen molar-refractivity contribution in [2.75, 3.05) is 13.2 Å². The number of amides is 2. The first-order valence-electron chi connectivity index (χ1n) is 12.2. The van der Waals surface area contributed by atoms with Crippen molar-refractivity contribution in [2.45, 2.75) is 61.3 Å². The zero-order valence-electron chi connectivity index (χ0n) is 21.4. The number of aromatic nitrogens is 1. The van der Waals surface area contributed by atoms with Crippen molar-refractivity contribution in [3.05, 3.63) is 29.6 Å². The van der Waals surface area contributed by atoms with Crippen LogP contribution in [-0.2, 0) is 9.47 Å². The lowest BCUT2D eigenvalue weighted by Crippen LogP contribution is -2.64. The summed E-state index contributed by atoms with van der Waals surface area (Å²) in [5.74, 6) is -1.68. The van der Waals surface area contributed by atoms with Gasteiger partial charge in [-0.25, -0.2) is 4.98 Å². The highest BCUT2D eigenvalue weighted by Crippen LogP contribution is 2.20. The maximum absolute atomic E-state index is 12.5. The van der Waals surface area contributed by atoms with Gasteiger partial charge in [0.15, 0.2) is 22.7 Å². The number of aliphatic hydroxyl groups excluding tert-OH is 8. The number of aliphatic hydroxyl groups is 8. The third kappa shape index (κ3) is 8.12. The van der Waals surface area contributed by atoms with Crippen LogP contribution >= 0.6 is 24.4 Å². The molecule has 2 aliphatic rings. The Hall–Kier alpha value is -2.93. The second-order valence-electron chi connectivity index (χ2n) is 9.01. The van der Waals surface area contributed by atoms with Gasteiger partial charge in [-0.3, -0.25) is 31.3 Å². The fourth-order valence-corrected chi connectivity index (χ4v) is 4.15. The molecule has 2 saturated heterocycles. The maximum Gasteiger partial charge on any atom is 0.288 e. The van der Waals surface area contributed by atoms with E-state index in [1.807, 2.05) is 0 Å². The van der Waals surface area contributed by atoms with Crippen molar-refractivity contribution < 1.29 is 59.9 Å². The number of nitrogens with zero attached hydrogens (tertiary/aromatic N) is 1. The number of thiocarbonyl (C=S) groups is 2.